The number of nitrogens with zero attached hydrogens (tertiary/aromatic N) is 2. The molecule has 0 amide bonds. The number of aryl methyl sites for hydroxylation is 1. The Morgan fingerprint density at radius 2 is 1.67 bits per heavy atom. The molecular formula is C18H21ClN2. The average Bonchev–Trinajstić information content (AvgIpc) is 2.50. The molecule has 3 rings (SSSR count). The Bertz CT molecular complexity index is 586. The fraction of sp³-hybridized carbons (Fsp3) is 0.333. The summed E-state index contributed by atoms with van der Waals surface area (Å²) < 4.78 is 0. The first-order chi connectivity index (χ1) is 10.2. The second-order valence-corrected chi connectivity index (χ2v) is 6.17. The van der Waals surface area contributed by atoms with Gasteiger partial charge in [-0.1, -0.05) is 35.9 Å². The third-order valence-electron chi connectivity index (χ3n) is 4.06. The predicted molar refractivity (Wildman–Crippen MR) is 90.1 cm³/mol. The molecule has 0 aliphatic carbocycles. The molecule has 0 aromatic heterocycles. The molecule has 0 N–H and O–H groups in total. The zero-order chi connectivity index (χ0) is 14.7. The van der Waals surface area contributed by atoms with E-state index < -0.39 is 0 Å². The first kappa shape index (κ1) is 14.4. The van der Waals surface area contributed by atoms with Gasteiger partial charge in [-0.3, -0.25) is 4.90 Å². The van der Waals surface area contributed by atoms with Crippen LogP contribution in [0.3, 0.4) is 0 Å². The zero-order valence-corrected chi connectivity index (χ0v) is 13.2. The first-order valence-corrected chi connectivity index (χ1v) is 7.87. The van der Waals surface area contributed by atoms with Crippen LogP contribution in [-0.2, 0) is 6.54 Å². The van der Waals surface area contributed by atoms with E-state index in [-0.39, 0.29) is 0 Å². The standard InChI is InChI=1S/C18H21ClN2/c1-15-3-2-4-18(13-15)21-11-9-20(10-12-21)14-16-5-7-17(19)8-6-16/h2-8,13H,9-12,14H2,1H3. The van der Waals surface area contributed by atoms with Gasteiger partial charge in [0.2, 0.25) is 0 Å². The molecule has 0 saturated carbocycles. The summed E-state index contributed by atoms with van der Waals surface area (Å²) in [6.45, 7) is 7.57. The van der Waals surface area contributed by atoms with Crippen molar-refractivity contribution < 1.29 is 0 Å². The lowest BCUT2D eigenvalue weighted by molar-refractivity contribution is 0.250. The highest BCUT2D eigenvalue weighted by atomic mass is 35.5. The second-order valence-electron chi connectivity index (χ2n) is 5.73. The molecule has 2 nitrogen and oxygen atoms in total. The van der Waals surface area contributed by atoms with Crippen molar-refractivity contribution in [3.63, 3.8) is 0 Å². The topological polar surface area (TPSA) is 6.48 Å². The number of anilines is 1. The van der Waals surface area contributed by atoms with Crippen LogP contribution in [0.15, 0.2) is 48.5 Å². The summed E-state index contributed by atoms with van der Waals surface area (Å²) in [4.78, 5) is 4.99. The van der Waals surface area contributed by atoms with Crippen molar-refractivity contribution in [3.8, 4) is 0 Å². The quantitative estimate of drug-likeness (QED) is 0.846. The number of benzene rings is 2. The van der Waals surface area contributed by atoms with E-state index in [9.17, 15) is 0 Å². The molecule has 2 aromatic carbocycles. The predicted octanol–water partition coefficient (Wildman–Crippen LogP) is 3.97. The van der Waals surface area contributed by atoms with Crippen molar-refractivity contribution in [3.05, 3.63) is 64.7 Å². The maximum atomic E-state index is 5.93. The van der Waals surface area contributed by atoms with Crippen LogP contribution in [0.4, 0.5) is 5.69 Å². The van der Waals surface area contributed by atoms with Crippen LogP contribution < -0.4 is 4.90 Å². The van der Waals surface area contributed by atoms with Gasteiger partial charge in [0.05, 0.1) is 0 Å². The lowest BCUT2D eigenvalue weighted by Gasteiger charge is -2.36. The van der Waals surface area contributed by atoms with Gasteiger partial charge in [0.1, 0.15) is 0 Å². The van der Waals surface area contributed by atoms with Crippen molar-refractivity contribution in [2.24, 2.45) is 0 Å². The van der Waals surface area contributed by atoms with Crippen LogP contribution in [0, 0.1) is 6.92 Å². The first-order valence-electron chi connectivity index (χ1n) is 7.49. The van der Waals surface area contributed by atoms with Crippen molar-refractivity contribution in [2.45, 2.75) is 13.5 Å². The Morgan fingerprint density at radius 3 is 2.33 bits per heavy atom. The minimum atomic E-state index is 0.808. The van der Waals surface area contributed by atoms with Gasteiger partial charge in [-0.2, -0.15) is 0 Å². The Labute approximate surface area is 131 Å². The van der Waals surface area contributed by atoms with E-state index in [0.717, 1.165) is 37.7 Å². The lowest BCUT2D eigenvalue weighted by Crippen LogP contribution is -2.45. The summed E-state index contributed by atoms with van der Waals surface area (Å²) in [6.07, 6.45) is 0. The molecule has 2 aromatic rings. The molecule has 0 atom stereocenters. The van der Waals surface area contributed by atoms with Gasteiger partial charge in [0.25, 0.3) is 0 Å². The highest BCUT2D eigenvalue weighted by molar-refractivity contribution is 6.30. The second kappa shape index (κ2) is 6.50. The van der Waals surface area contributed by atoms with Crippen LogP contribution in [-0.4, -0.2) is 31.1 Å². The van der Waals surface area contributed by atoms with Gasteiger partial charge < -0.3 is 4.90 Å². The van der Waals surface area contributed by atoms with E-state index in [2.05, 4.69) is 53.1 Å². The molecule has 0 spiro atoms. The minimum Gasteiger partial charge on any atom is -0.369 e. The fourth-order valence-corrected chi connectivity index (χ4v) is 2.96. The summed E-state index contributed by atoms with van der Waals surface area (Å²) in [5.74, 6) is 0. The van der Waals surface area contributed by atoms with Crippen LogP contribution >= 0.6 is 11.6 Å². The average molecular weight is 301 g/mol. The molecule has 0 bridgehead atoms. The normalized spacial score (nSPS) is 16.2. The van der Waals surface area contributed by atoms with Crippen molar-refractivity contribution >= 4 is 17.3 Å². The van der Waals surface area contributed by atoms with Gasteiger partial charge in [0, 0.05) is 43.4 Å². The van der Waals surface area contributed by atoms with E-state index in [0.29, 0.717) is 0 Å². The molecule has 3 heteroatoms. The summed E-state index contributed by atoms with van der Waals surface area (Å²) in [6, 6.07) is 17.0. The minimum absolute atomic E-state index is 0.808. The Balaban J connectivity index is 1.56. The molecule has 0 radical (unpaired) electrons. The Morgan fingerprint density at radius 1 is 0.952 bits per heavy atom. The Hall–Kier alpha value is -1.51. The molecule has 1 aliphatic heterocycles. The molecular weight excluding hydrogens is 280 g/mol. The summed E-state index contributed by atoms with van der Waals surface area (Å²) >= 11 is 5.93. The smallest absolute Gasteiger partial charge is 0.0406 e. The maximum Gasteiger partial charge on any atom is 0.0406 e. The van der Waals surface area contributed by atoms with Crippen LogP contribution in [0.1, 0.15) is 11.1 Å². The van der Waals surface area contributed by atoms with E-state index in [1.54, 1.807) is 0 Å². The summed E-state index contributed by atoms with van der Waals surface area (Å²) in [7, 11) is 0. The van der Waals surface area contributed by atoms with Crippen molar-refractivity contribution in [1.29, 1.82) is 0 Å². The highest BCUT2D eigenvalue weighted by Gasteiger charge is 2.17. The molecule has 1 saturated heterocycles. The molecule has 110 valence electrons. The summed E-state index contributed by atoms with van der Waals surface area (Å²) in [5, 5.41) is 0.808. The number of rotatable bonds is 3. The van der Waals surface area contributed by atoms with E-state index >= 15 is 0 Å². The van der Waals surface area contributed by atoms with Gasteiger partial charge >= 0.3 is 0 Å². The van der Waals surface area contributed by atoms with Crippen LogP contribution in [0.25, 0.3) is 0 Å². The monoisotopic (exact) mass is 300 g/mol. The van der Waals surface area contributed by atoms with Gasteiger partial charge in [-0.15, -0.1) is 0 Å². The largest absolute Gasteiger partial charge is 0.369 e. The lowest BCUT2D eigenvalue weighted by atomic mass is 10.1. The number of hydrogen-bond donors (Lipinski definition) is 0. The molecule has 1 fully saturated rings. The van der Waals surface area contributed by atoms with Crippen molar-refractivity contribution in [2.75, 3.05) is 31.1 Å². The fourth-order valence-electron chi connectivity index (χ4n) is 2.84. The zero-order valence-electron chi connectivity index (χ0n) is 12.4. The van der Waals surface area contributed by atoms with E-state index in [4.69, 9.17) is 11.6 Å². The maximum absolute atomic E-state index is 5.93. The highest BCUT2D eigenvalue weighted by Crippen LogP contribution is 2.19. The number of piperazine rings is 1. The van der Waals surface area contributed by atoms with E-state index in [1.807, 2.05) is 12.1 Å². The SMILES string of the molecule is Cc1cccc(N2CCN(Cc3ccc(Cl)cc3)CC2)c1. The Kier molecular flexibility index (Phi) is 4.47. The molecule has 0 unspecified atom stereocenters. The van der Waals surface area contributed by atoms with Gasteiger partial charge in [-0.05, 0) is 42.3 Å². The van der Waals surface area contributed by atoms with E-state index in [1.165, 1.54) is 16.8 Å². The molecule has 1 aliphatic rings. The van der Waals surface area contributed by atoms with Gasteiger partial charge in [0.15, 0.2) is 0 Å². The number of halogens is 1. The number of hydrogen-bond acceptors (Lipinski definition) is 2. The third-order valence-corrected chi connectivity index (χ3v) is 4.31. The summed E-state index contributed by atoms with van der Waals surface area (Å²) in [5.41, 5.74) is 4.01. The van der Waals surface area contributed by atoms with Crippen LogP contribution in [0.2, 0.25) is 5.02 Å². The third kappa shape index (κ3) is 3.78. The molecule has 1 heterocycles. The van der Waals surface area contributed by atoms with Gasteiger partial charge in [-0.25, -0.2) is 0 Å². The molecule has 21 heavy (non-hydrogen) atoms. The van der Waals surface area contributed by atoms with Crippen LogP contribution in [0.5, 0.6) is 0 Å². The van der Waals surface area contributed by atoms with Crippen molar-refractivity contribution in [1.82, 2.24) is 4.90 Å².